The summed E-state index contributed by atoms with van der Waals surface area (Å²) in [6, 6.07) is 0. The second-order valence-corrected chi connectivity index (χ2v) is 2.30. The molecule has 0 bridgehead atoms. The molecule has 2 amide bonds. The highest BCUT2D eigenvalue weighted by molar-refractivity contribution is 5.95. The smallest absolute Gasteiger partial charge is 0.312 e. The second kappa shape index (κ2) is 5.99. The van der Waals surface area contributed by atoms with Crippen molar-refractivity contribution >= 4 is 17.8 Å². The summed E-state index contributed by atoms with van der Waals surface area (Å²) in [6.45, 7) is 2.05. The highest BCUT2D eigenvalue weighted by Crippen LogP contribution is 1.78. The number of carbonyl (C=O) groups is 3. The Hall–Kier alpha value is -1.59. The minimum absolute atomic E-state index is 0.181. The third-order valence-corrected chi connectivity index (χ3v) is 1.13. The highest BCUT2D eigenvalue weighted by atomic mass is 16.4. The van der Waals surface area contributed by atoms with Crippen LogP contribution in [-0.2, 0) is 14.4 Å². The Kier molecular flexibility index (Phi) is 5.25. The molecule has 0 aromatic carbocycles. The van der Waals surface area contributed by atoms with E-state index in [9.17, 15) is 14.4 Å². The Labute approximate surface area is 75.3 Å². The first-order chi connectivity index (χ1) is 6.06. The molecule has 0 aliphatic carbocycles. The Morgan fingerprint density at radius 2 is 1.77 bits per heavy atom. The van der Waals surface area contributed by atoms with E-state index < -0.39 is 18.3 Å². The molecule has 0 unspecified atom stereocenters. The van der Waals surface area contributed by atoms with Crippen LogP contribution in [0.4, 0.5) is 0 Å². The fourth-order valence-corrected chi connectivity index (χ4v) is 0.638. The molecule has 0 aromatic heterocycles. The number of aliphatic carboxylic acids is 1. The molecule has 0 aliphatic heterocycles. The molecule has 0 radical (unpaired) electrons. The van der Waals surface area contributed by atoms with Crippen molar-refractivity contribution in [2.75, 3.05) is 13.1 Å². The van der Waals surface area contributed by atoms with Crippen molar-refractivity contribution in [1.29, 1.82) is 0 Å². The number of hydrogen-bond donors (Lipinski definition) is 3. The maximum atomic E-state index is 10.8. The lowest BCUT2D eigenvalue weighted by Crippen LogP contribution is -2.37. The van der Waals surface area contributed by atoms with Crippen LogP contribution in [0, 0.1) is 0 Å². The van der Waals surface area contributed by atoms with Crippen molar-refractivity contribution in [2.24, 2.45) is 0 Å². The van der Waals surface area contributed by atoms with Gasteiger partial charge in [-0.3, -0.25) is 14.4 Å². The molecule has 0 aromatic rings. The van der Waals surface area contributed by atoms with E-state index in [1.807, 2.05) is 0 Å². The van der Waals surface area contributed by atoms with E-state index in [1.165, 1.54) is 0 Å². The van der Waals surface area contributed by atoms with Crippen LogP contribution < -0.4 is 10.6 Å². The first-order valence-electron chi connectivity index (χ1n) is 3.81. The zero-order valence-corrected chi connectivity index (χ0v) is 7.29. The standard InChI is InChI=1S/C7H12N2O4/c1-2-8-6(11)4-9-5(10)3-7(12)13/h2-4H2,1H3,(H,8,11)(H,9,10)(H,12,13). The van der Waals surface area contributed by atoms with Gasteiger partial charge < -0.3 is 15.7 Å². The minimum atomic E-state index is -1.21. The number of likely N-dealkylation sites (N-methyl/N-ethyl adjacent to an activating group) is 1. The molecule has 0 aliphatic rings. The average Bonchev–Trinajstić information content (AvgIpc) is 2.00. The molecule has 6 nitrogen and oxygen atoms in total. The summed E-state index contributed by atoms with van der Waals surface area (Å²) in [5.74, 6) is -2.21. The lowest BCUT2D eigenvalue weighted by molar-refractivity contribution is -0.141. The maximum Gasteiger partial charge on any atom is 0.312 e. The maximum absolute atomic E-state index is 10.8. The number of hydrogen-bond acceptors (Lipinski definition) is 3. The van der Waals surface area contributed by atoms with Gasteiger partial charge in [-0.15, -0.1) is 0 Å². The van der Waals surface area contributed by atoms with Crippen molar-refractivity contribution in [3.8, 4) is 0 Å². The first-order valence-corrected chi connectivity index (χ1v) is 3.81. The van der Waals surface area contributed by atoms with E-state index in [2.05, 4.69) is 10.6 Å². The summed E-state index contributed by atoms with van der Waals surface area (Å²) in [6.07, 6.45) is -0.612. The van der Waals surface area contributed by atoms with E-state index in [-0.39, 0.29) is 12.5 Å². The van der Waals surface area contributed by atoms with Crippen LogP contribution in [0.25, 0.3) is 0 Å². The molecule has 0 saturated carbocycles. The summed E-state index contributed by atoms with van der Waals surface area (Å²) in [5, 5.41) is 12.8. The summed E-state index contributed by atoms with van der Waals surface area (Å²) >= 11 is 0. The molecular formula is C7H12N2O4. The topological polar surface area (TPSA) is 95.5 Å². The van der Waals surface area contributed by atoms with Gasteiger partial charge in [-0.1, -0.05) is 0 Å². The monoisotopic (exact) mass is 188 g/mol. The van der Waals surface area contributed by atoms with E-state index in [1.54, 1.807) is 6.92 Å². The SMILES string of the molecule is CCNC(=O)CNC(=O)CC(=O)O. The van der Waals surface area contributed by atoms with Crippen LogP contribution in [0.2, 0.25) is 0 Å². The first kappa shape index (κ1) is 11.4. The number of carboxylic acid groups (broad SMARTS) is 1. The van der Waals surface area contributed by atoms with Gasteiger partial charge in [0, 0.05) is 6.54 Å². The molecule has 0 saturated heterocycles. The van der Waals surface area contributed by atoms with Crippen LogP contribution in [-0.4, -0.2) is 36.0 Å². The van der Waals surface area contributed by atoms with Crippen molar-refractivity contribution in [3.05, 3.63) is 0 Å². The number of carboxylic acids is 1. The third-order valence-electron chi connectivity index (χ3n) is 1.13. The molecular weight excluding hydrogens is 176 g/mol. The fourth-order valence-electron chi connectivity index (χ4n) is 0.638. The van der Waals surface area contributed by atoms with E-state index in [4.69, 9.17) is 5.11 Å². The lowest BCUT2D eigenvalue weighted by Gasteiger charge is -2.02. The molecule has 0 spiro atoms. The third kappa shape index (κ3) is 6.79. The van der Waals surface area contributed by atoms with Crippen LogP contribution in [0.5, 0.6) is 0 Å². The van der Waals surface area contributed by atoms with Crippen molar-refractivity contribution in [3.63, 3.8) is 0 Å². The number of nitrogens with one attached hydrogen (secondary N) is 2. The normalized spacial score (nSPS) is 9.00. The minimum Gasteiger partial charge on any atom is -0.481 e. The van der Waals surface area contributed by atoms with Gasteiger partial charge in [-0.2, -0.15) is 0 Å². The highest BCUT2D eigenvalue weighted by Gasteiger charge is 2.08. The molecule has 0 fully saturated rings. The van der Waals surface area contributed by atoms with Crippen LogP contribution in [0.3, 0.4) is 0 Å². The van der Waals surface area contributed by atoms with Gasteiger partial charge in [0.1, 0.15) is 6.42 Å². The summed E-state index contributed by atoms with van der Waals surface area (Å²) < 4.78 is 0. The quantitative estimate of drug-likeness (QED) is 0.468. The zero-order valence-electron chi connectivity index (χ0n) is 7.29. The van der Waals surface area contributed by atoms with Gasteiger partial charge >= 0.3 is 5.97 Å². The van der Waals surface area contributed by atoms with E-state index >= 15 is 0 Å². The Morgan fingerprint density at radius 1 is 1.15 bits per heavy atom. The van der Waals surface area contributed by atoms with Crippen molar-refractivity contribution in [2.45, 2.75) is 13.3 Å². The Morgan fingerprint density at radius 3 is 2.23 bits per heavy atom. The van der Waals surface area contributed by atoms with Crippen molar-refractivity contribution in [1.82, 2.24) is 10.6 Å². The summed E-state index contributed by atoms with van der Waals surface area (Å²) in [5.41, 5.74) is 0. The summed E-state index contributed by atoms with van der Waals surface area (Å²) in [4.78, 5) is 31.5. The van der Waals surface area contributed by atoms with Gasteiger partial charge in [0.15, 0.2) is 0 Å². The molecule has 6 heteroatoms. The van der Waals surface area contributed by atoms with E-state index in [0.29, 0.717) is 6.54 Å². The molecule has 0 heterocycles. The lowest BCUT2D eigenvalue weighted by atomic mass is 10.4. The predicted octanol–water partition coefficient (Wildman–Crippen LogP) is -1.29. The Bertz CT molecular complexity index is 215. The molecule has 3 N–H and O–H groups in total. The van der Waals surface area contributed by atoms with Crippen LogP contribution in [0.1, 0.15) is 13.3 Å². The average molecular weight is 188 g/mol. The predicted molar refractivity (Wildman–Crippen MR) is 43.9 cm³/mol. The van der Waals surface area contributed by atoms with Gasteiger partial charge in [0.2, 0.25) is 11.8 Å². The number of rotatable bonds is 5. The van der Waals surface area contributed by atoms with Crippen LogP contribution >= 0.6 is 0 Å². The fraction of sp³-hybridized carbons (Fsp3) is 0.571. The summed E-state index contributed by atoms with van der Waals surface area (Å²) in [7, 11) is 0. The number of carbonyl (C=O) groups excluding carboxylic acids is 2. The van der Waals surface area contributed by atoms with E-state index in [0.717, 1.165) is 0 Å². The molecule has 0 rings (SSSR count). The zero-order chi connectivity index (χ0) is 10.3. The number of amides is 2. The Balaban J connectivity index is 3.58. The van der Waals surface area contributed by atoms with Crippen LogP contribution in [0.15, 0.2) is 0 Å². The second-order valence-electron chi connectivity index (χ2n) is 2.30. The van der Waals surface area contributed by atoms with Gasteiger partial charge in [0.05, 0.1) is 6.54 Å². The molecule has 74 valence electrons. The van der Waals surface area contributed by atoms with Gasteiger partial charge in [-0.05, 0) is 6.92 Å². The van der Waals surface area contributed by atoms with Gasteiger partial charge in [-0.25, -0.2) is 0 Å². The molecule has 13 heavy (non-hydrogen) atoms. The largest absolute Gasteiger partial charge is 0.481 e. The molecule has 0 atom stereocenters. The van der Waals surface area contributed by atoms with Gasteiger partial charge in [0.25, 0.3) is 0 Å². The van der Waals surface area contributed by atoms with Crippen molar-refractivity contribution < 1.29 is 19.5 Å².